The highest BCUT2D eigenvalue weighted by Crippen LogP contribution is 2.31. The smallest absolute Gasteiger partial charge is 0.225 e. The minimum absolute atomic E-state index is 0.280. The largest absolute Gasteiger partial charge is 0.369 e. The average Bonchev–Trinajstić information content (AvgIpc) is 2.89. The average molecular weight is 386 g/mol. The fourth-order valence-corrected chi connectivity index (χ4v) is 3.59. The van der Waals surface area contributed by atoms with E-state index in [9.17, 15) is 9.18 Å². The zero-order valence-electron chi connectivity index (χ0n) is 15.5. The van der Waals surface area contributed by atoms with Gasteiger partial charge in [0.05, 0.1) is 17.3 Å². The van der Waals surface area contributed by atoms with E-state index in [1.54, 1.807) is 6.07 Å². The molecule has 6 heteroatoms. The van der Waals surface area contributed by atoms with Crippen LogP contribution in [0.15, 0.2) is 42.5 Å². The lowest BCUT2D eigenvalue weighted by Gasteiger charge is -2.16. The fraction of sp³-hybridized carbons (Fsp3) is 0.238. The SMILES string of the molecule is Cc1ccc(-n2nc(C)c(C(Cc3ccc(F)cc3Cl)C(N)=O)c2C)cc1. The topological polar surface area (TPSA) is 60.9 Å². The summed E-state index contributed by atoms with van der Waals surface area (Å²) in [5, 5.41) is 4.89. The molecule has 0 aliphatic rings. The van der Waals surface area contributed by atoms with E-state index in [0.717, 1.165) is 28.2 Å². The summed E-state index contributed by atoms with van der Waals surface area (Å²) < 4.78 is 15.1. The van der Waals surface area contributed by atoms with Crippen molar-refractivity contribution in [2.45, 2.75) is 33.1 Å². The summed E-state index contributed by atoms with van der Waals surface area (Å²) in [5.74, 6) is -1.49. The minimum atomic E-state index is -0.604. The summed E-state index contributed by atoms with van der Waals surface area (Å²) >= 11 is 6.15. The lowest BCUT2D eigenvalue weighted by molar-refractivity contribution is -0.119. The number of nitrogens with zero attached hydrogens (tertiary/aromatic N) is 2. The maximum absolute atomic E-state index is 13.3. The molecule has 3 rings (SSSR count). The van der Waals surface area contributed by atoms with Crippen molar-refractivity contribution in [3.8, 4) is 5.69 Å². The maximum atomic E-state index is 13.3. The zero-order valence-corrected chi connectivity index (χ0v) is 16.2. The molecule has 27 heavy (non-hydrogen) atoms. The number of halogens is 2. The van der Waals surface area contributed by atoms with Crippen molar-refractivity contribution in [3.05, 3.63) is 81.4 Å². The first-order chi connectivity index (χ1) is 12.8. The Kier molecular flexibility index (Phi) is 5.33. The van der Waals surface area contributed by atoms with E-state index in [1.165, 1.54) is 12.1 Å². The standard InChI is InChI=1S/C21H21ClFN3O/c1-12-4-8-17(9-5-12)26-14(3)20(13(2)25-26)18(21(24)27)10-15-6-7-16(23)11-19(15)22/h4-9,11,18H,10H2,1-3H3,(H2,24,27). The fourth-order valence-electron chi connectivity index (χ4n) is 3.35. The van der Waals surface area contributed by atoms with Gasteiger partial charge in [-0.15, -0.1) is 0 Å². The van der Waals surface area contributed by atoms with E-state index in [1.807, 2.05) is 49.7 Å². The van der Waals surface area contributed by atoms with Gasteiger partial charge < -0.3 is 5.73 Å². The lowest BCUT2D eigenvalue weighted by Crippen LogP contribution is -2.24. The number of hydrogen-bond acceptors (Lipinski definition) is 2. The molecule has 0 saturated heterocycles. The Morgan fingerprint density at radius 2 is 1.85 bits per heavy atom. The second-order valence-corrected chi connectivity index (χ2v) is 7.13. The number of carbonyl (C=O) groups is 1. The number of nitrogens with two attached hydrogens (primary N) is 1. The Morgan fingerprint density at radius 3 is 2.44 bits per heavy atom. The van der Waals surface area contributed by atoms with Gasteiger partial charge in [0.25, 0.3) is 0 Å². The molecule has 0 spiro atoms. The molecule has 1 heterocycles. The Labute approximate surface area is 162 Å². The predicted octanol–water partition coefficient (Wildman–Crippen LogP) is 4.40. The first kappa shape index (κ1) is 19.1. The zero-order chi connectivity index (χ0) is 19.7. The molecule has 3 aromatic rings. The summed E-state index contributed by atoms with van der Waals surface area (Å²) in [5.41, 5.74) is 10.8. The van der Waals surface area contributed by atoms with Gasteiger partial charge in [0.2, 0.25) is 5.91 Å². The van der Waals surface area contributed by atoms with Gasteiger partial charge in [0.15, 0.2) is 0 Å². The molecule has 0 bridgehead atoms. The predicted molar refractivity (Wildman–Crippen MR) is 105 cm³/mol. The number of amides is 1. The van der Waals surface area contributed by atoms with Crippen LogP contribution in [0.4, 0.5) is 4.39 Å². The third kappa shape index (κ3) is 3.88. The van der Waals surface area contributed by atoms with Crippen LogP contribution in [0.25, 0.3) is 5.69 Å². The van der Waals surface area contributed by atoms with Crippen molar-refractivity contribution >= 4 is 17.5 Å². The molecule has 0 aliphatic carbocycles. The lowest BCUT2D eigenvalue weighted by atomic mass is 9.90. The molecule has 0 radical (unpaired) electrons. The monoisotopic (exact) mass is 385 g/mol. The van der Waals surface area contributed by atoms with E-state index < -0.39 is 17.6 Å². The van der Waals surface area contributed by atoms with Crippen molar-refractivity contribution in [1.82, 2.24) is 9.78 Å². The Hall–Kier alpha value is -2.66. The van der Waals surface area contributed by atoms with Crippen molar-refractivity contribution < 1.29 is 9.18 Å². The Bertz CT molecular complexity index is 995. The molecular formula is C21H21ClFN3O. The van der Waals surface area contributed by atoms with Crippen LogP contribution in [0.1, 0.15) is 34.0 Å². The number of aryl methyl sites for hydroxylation is 2. The van der Waals surface area contributed by atoms with Crippen LogP contribution in [0.2, 0.25) is 5.02 Å². The quantitative estimate of drug-likeness (QED) is 0.707. The summed E-state index contributed by atoms with van der Waals surface area (Å²) in [6, 6.07) is 12.1. The van der Waals surface area contributed by atoms with Gasteiger partial charge in [-0.25, -0.2) is 9.07 Å². The number of aromatic nitrogens is 2. The molecule has 1 amide bonds. The van der Waals surface area contributed by atoms with Gasteiger partial charge in [-0.2, -0.15) is 5.10 Å². The van der Waals surface area contributed by atoms with Crippen LogP contribution in [-0.4, -0.2) is 15.7 Å². The van der Waals surface area contributed by atoms with E-state index in [2.05, 4.69) is 5.10 Å². The number of benzene rings is 2. The first-order valence-electron chi connectivity index (χ1n) is 8.64. The van der Waals surface area contributed by atoms with E-state index in [4.69, 9.17) is 17.3 Å². The molecular weight excluding hydrogens is 365 g/mol. The summed E-state index contributed by atoms with van der Waals surface area (Å²) in [7, 11) is 0. The number of primary amides is 1. The molecule has 4 nitrogen and oxygen atoms in total. The number of carbonyl (C=O) groups excluding carboxylic acids is 1. The van der Waals surface area contributed by atoms with Crippen molar-refractivity contribution in [1.29, 1.82) is 0 Å². The van der Waals surface area contributed by atoms with E-state index in [0.29, 0.717) is 5.56 Å². The molecule has 0 fully saturated rings. The van der Waals surface area contributed by atoms with Gasteiger partial charge in [-0.3, -0.25) is 4.79 Å². The second-order valence-electron chi connectivity index (χ2n) is 6.73. The van der Waals surface area contributed by atoms with Crippen molar-refractivity contribution in [3.63, 3.8) is 0 Å². The van der Waals surface area contributed by atoms with Gasteiger partial charge >= 0.3 is 0 Å². The molecule has 1 unspecified atom stereocenters. The van der Waals surface area contributed by atoms with Gasteiger partial charge in [0, 0.05) is 16.3 Å². The van der Waals surface area contributed by atoms with E-state index in [-0.39, 0.29) is 11.4 Å². The van der Waals surface area contributed by atoms with Crippen LogP contribution in [0.5, 0.6) is 0 Å². The van der Waals surface area contributed by atoms with Crippen LogP contribution in [0.3, 0.4) is 0 Å². The Morgan fingerprint density at radius 1 is 1.19 bits per heavy atom. The van der Waals surface area contributed by atoms with E-state index >= 15 is 0 Å². The van der Waals surface area contributed by atoms with Crippen LogP contribution >= 0.6 is 11.6 Å². The first-order valence-corrected chi connectivity index (χ1v) is 9.02. The maximum Gasteiger partial charge on any atom is 0.225 e. The highest BCUT2D eigenvalue weighted by molar-refractivity contribution is 6.31. The second kappa shape index (κ2) is 7.53. The van der Waals surface area contributed by atoms with Crippen LogP contribution < -0.4 is 5.73 Å². The molecule has 0 saturated carbocycles. The summed E-state index contributed by atoms with van der Waals surface area (Å²) in [6.45, 7) is 5.79. The highest BCUT2D eigenvalue weighted by Gasteiger charge is 2.27. The van der Waals surface area contributed by atoms with Crippen molar-refractivity contribution in [2.24, 2.45) is 5.73 Å². The van der Waals surface area contributed by atoms with Gasteiger partial charge in [0.1, 0.15) is 5.82 Å². The number of rotatable bonds is 5. The van der Waals surface area contributed by atoms with Gasteiger partial charge in [-0.05, 0) is 57.0 Å². The molecule has 1 atom stereocenters. The van der Waals surface area contributed by atoms with Gasteiger partial charge in [-0.1, -0.05) is 35.4 Å². The molecule has 2 aromatic carbocycles. The highest BCUT2D eigenvalue weighted by atomic mass is 35.5. The molecule has 140 valence electrons. The third-order valence-electron chi connectivity index (χ3n) is 4.76. The van der Waals surface area contributed by atoms with Crippen molar-refractivity contribution in [2.75, 3.05) is 0 Å². The van der Waals surface area contributed by atoms with Crippen LogP contribution in [0, 0.1) is 26.6 Å². The molecule has 1 aromatic heterocycles. The normalized spacial score (nSPS) is 12.2. The summed E-state index contributed by atoms with van der Waals surface area (Å²) in [4.78, 5) is 12.2. The molecule has 2 N–H and O–H groups in total. The van der Waals surface area contributed by atoms with Crippen LogP contribution in [-0.2, 0) is 11.2 Å². The minimum Gasteiger partial charge on any atom is -0.369 e. The molecule has 0 aliphatic heterocycles. The number of hydrogen-bond donors (Lipinski definition) is 1. The summed E-state index contributed by atoms with van der Waals surface area (Å²) in [6.07, 6.45) is 0.287. The Balaban J connectivity index is 2.03. The third-order valence-corrected chi connectivity index (χ3v) is 5.11.